The Balaban J connectivity index is 2.23. The summed E-state index contributed by atoms with van der Waals surface area (Å²) in [6, 6.07) is 10.7. The number of hydrogen-bond acceptors (Lipinski definition) is 2. The van der Waals surface area contributed by atoms with Crippen LogP contribution < -0.4 is 0 Å². The van der Waals surface area contributed by atoms with E-state index in [0.717, 1.165) is 22.6 Å². The van der Waals surface area contributed by atoms with Gasteiger partial charge in [-0.05, 0) is 30.2 Å². The van der Waals surface area contributed by atoms with E-state index in [1.807, 2.05) is 6.07 Å². The predicted octanol–water partition coefficient (Wildman–Crippen LogP) is 3.57. The number of hydrogen-bond donors (Lipinski definition) is 2. The molecule has 2 aromatic rings. The summed E-state index contributed by atoms with van der Waals surface area (Å²) in [6.07, 6.45) is -2.57. The number of aliphatic hydroxyl groups excluding tert-OH is 1. The van der Waals surface area contributed by atoms with Crippen LogP contribution in [0.15, 0.2) is 48.5 Å². The summed E-state index contributed by atoms with van der Waals surface area (Å²) in [5.74, 6) is -1.65. The molecule has 0 fully saturated rings. The van der Waals surface area contributed by atoms with Crippen LogP contribution in [0.1, 0.15) is 24.2 Å². The molecule has 23 heavy (non-hydrogen) atoms. The van der Waals surface area contributed by atoms with Crippen LogP contribution in [-0.2, 0) is 6.54 Å². The van der Waals surface area contributed by atoms with E-state index in [1.165, 1.54) is 6.92 Å². The number of halogens is 2. The summed E-state index contributed by atoms with van der Waals surface area (Å²) < 4.78 is 26.6. The van der Waals surface area contributed by atoms with E-state index in [-0.39, 0.29) is 12.1 Å². The van der Waals surface area contributed by atoms with Gasteiger partial charge in [-0.2, -0.15) is 0 Å². The zero-order valence-corrected chi connectivity index (χ0v) is 12.5. The van der Waals surface area contributed by atoms with Crippen LogP contribution in [0.2, 0.25) is 0 Å². The second kappa shape index (κ2) is 7.19. The van der Waals surface area contributed by atoms with Crippen LogP contribution in [0.3, 0.4) is 0 Å². The lowest BCUT2D eigenvalue weighted by atomic mass is 10.0. The van der Waals surface area contributed by atoms with Crippen molar-refractivity contribution in [1.29, 1.82) is 0 Å². The average molecular weight is 321 g/mol. The molecule has 1 amide bonds. The van der Waals surface area contributed by atoms with Gasteiger partial charge in [0.05, 0.1) is 12.1 Å². The van der Waals surface area contributed by atoms with Crippen molar-refractivity contribution in [2.45, 2.75) is 25.6 Å². The highest BCUT2D eigenvalue weighted by atomic mass is 19.1. The van der Waals surface area contributed by atoms with Gasteiger partial charge in [0.25, 0.3) is 0 Å². The third-order valence-corrected chi connectivity index (χ3v) is 3.62. The third-order valence-electron chi connectivity index (χ3n) is 3.62. The van der Waals surface area contributed by atoms with Gasteiger partial charge in [0.15, 0.2) is 0 Å². The number of carbonyl (C=O) groups is 1. The van der Waals surface area contributed by atoms with Crippen molar-refractivity contribution in [3.8, 4) is 0 Å². The number of carboxylic acid groups (broad SMARTS) is 1. The zero-order valence-electron chi connectivity index (χ0n) is 12.5. The highest BCUT2D eigenvalue weighted by molar-refractivity contribution is 5.65. The Morgan fingerprint density at radius 3 is 2.22 bits per heavy atom. The number of aliphatic hydroxyl groups is 1. The van der Waals surface area contributed by atoms with Gasteiger partial charge in [-0.15, -0.1) is 0 Å². The van der Waals surface area contributed by atoms with Gasteiger partial charge in [0.2, 0.25) is 0 Å². The molecule has 0 radical (unpaired) electrons. The molecule has 0 aromatic heterocycles. The molecule has 6 heteroatoms. The molecule has 2 aromatic carbocycles. The molecule has 0 heterocycles. The molecular weight excluding hydrogens is 304 g/mol. The van der Waals surface area contributed by atoms with Gasteiger partial charge in [0, 0.05) is 12.6 Å². The van der Waals surface area contributed by atoms with Crippen molar-refractivity contribution in [2.75, 3.05) is 0 Å². The van der Waals surface area contributed by atoms with Gasteiger partial charge < -0.3 is 10.2 Å². The van der Waals surface area contributed by atoms with E-state index in [1.54, 1.807) is 24.3 Å². The molecule has 0 spiro atoms. The molecule has 122 valence electrons. The maximum atomic E-state index is 13.3. The minimum absolute atomic E-state index is 0.00527. The quantitative estimate of drug-likeness (QED) is 0.885. The van der Waals surface area contributed by atoms with Crippen molar-refractivity contribution >= 4 is 6.09 Å². The van der Waals surface area contributed by atoms with E-state index in [9.17, 15) is 23.8 Å². The molecule has 0 saturated carbocycles. The van der Waals surface area contributed by atoms with Crippen molar-refractivity contribution < 1.29 is 23.8 Å². The first kappa shape index (κ1) is 16.9. The molecule has 0 unspecified atom stereocenters. The number of rotatable bonds is 5. The van der Waals surface area contributed by atoms with Crippen molar-refractivity contribution in [3.05, 3.63) is 71.3 Å². The maximum absolute atomic E-state index is 13.3. The fourth-order valence-corrected chi connectivity index (χ4v) is 2.36. The molecule has 2 rings (SSSR count). The SMILES string of the molecule is C[C@@H]([C@H](O)c1cc(F)cc(F)c1)N(Cc1ccccc1)C(=O)O. The largest absolute Gasteiger partial charge is 0.465 e. The van der Waals surface area contributed by atoms with Gasteiger partial charge >= 0.3 is 6.09 Å². The van der Waals surface area contributed by atoms with Crippen LogP contribution in [0, 0.1) is 11.6 Å². The highest BCUT2D eigenvalue weighted by Gasteiger charge is 2.27. The van der Waals surface area contributed by atoms with Crippen LogP contribution in [0.25, 0.3) is 0 Å². The van der Waals surface area contributed by atoms with Crippen LogP contribution >= 0.6 is 0 Å². The lowest BCUT2D eigenvalue weighted by molar-refractivity contribution is 0.0514. The second-order valence-electron chi connectivity index (χ2n) is 5.28. The van der Waals surface area contributed by atoms with E-state index >= 15 is 0 Å². The van der Waals surface area contributed by atoms with Crippen molar-refractivity contribution in [2.24, 2.45) is 0 Å². The van der Waals surface area contributed by atoms with Crippen molar-refractivity contribution in [1.82, 2.24) is 4.90 Å². The first-order valence-corrected chi connectivity index (χ1v) is 7.06. The zero-order chi connectivity index (χ0) is 17.0. The van der Waals surface area contributed by atoms with Gasteiger partial charge in [-0.3, -0.25) is 4.90 Å². The minimum Gasteiger partial charge on any atom is -0.465 e. The first-order valence-electron chi connectivity index (χ1n) is 7.06. The molecule has 0 aliphatic heterocycles. The fraction of sp³-hybridized carbons (Fsp3) is 0.235. The van der Waals surface area contributed by atoms with Crippen molar-refractivity contribution in [3.63, 3.8) is 0 Å². The van der Waals surface area contributed by atoms with Crippen LogP contribution in [-0.4, -0.2) is 27.2 Å². The third kappa shape index (κ3) is 4.26. The monoisotopic (exact) mass is 321 g/mol. The summed E-state index contributed by atoms with van der Waals surface area (Å²) in [5, 5.41) is 19.7. The molecular formula is C17H17F2NO3. The lowest BCUT2D eigenvalue weighted by Crippen LogP contribution is -2.40. The van der Waals surface area contributed by atoms with E-state index < -0.39 is 29.9 Å². The Kier molecular flexibility index (Phi) is 5.28. The topological polar surface area (TPSA) is 60.8 Å². The molecule has 0 saturated heterocycles. The number of amides is 1. The van der Waals surface area contributed by atoms with Gasteiger partial charge in [-0.25, -0.2) is 13.6 Å². The lowest BCUT2D eigenvalue weighted by Gasteiger charge is -2.30. The Morgan fingerprint density at radius 1 is 1.13 bits per heavy atom. The molecule has 0 bridgehead atoms. The molecule has 2 N–H and O–H groups in total. The van der Waals surface area contributed by atoms with Crippen LogP contribution in [0.5, 0.6) is 0 Å². The number of nitrogens with zero attached hydrogens (tertiary/aromatic N) is 1. The maximum Gasteiger partial charge on any atom is 0.407 e. The average Bonchev–Trinajstić information content (AvgIpc) is 2.51. The highest BCUT2D eigenvalue weighted by Crippen LogP contribution is 2.24. The van der Waals surface area contributed by atoms with Gasteiger partial charge in [0.1, 0.15) is 11.6 Å². The molecule has 0 aliphatic carbocycles. The predicted molar refractivity (Wildman–Crippen MR) is 80.8 cm³/mol. The number of benzene rings is 2. The summed E-state index contributed by atoms with van der Waals surface area (Å²) in [7, 11) is 0. The molecule has 0 aliphatic rings. The Bertz CT molecular complexity index is 659. The normalized spacial score (nSPS) is 13.4. The Labute approximate surface area is 132 Å². The summed E-state index contributed by atoms with van der Waals surface area (Å²) in [5.41, 5.74) is 0.744. The summed E-state index contributed by atoms with van der Waals surface area (Å²) in [4.78, 5) is 12.5. The Morgan fingerprint density at radius 2 is 1.70 bits per heavy atom. The first-order chi connectivity index (χ1) is 10.9. The molecule has 4 nitrogen and oxygen atoms in total. The summed E-state index contributed by atoms with van der Waals surface area (Å²) in [6.45, 7) is 1.55. The fourth-order valence-electron chi connectivity index (χ4n) is 2.36. The molecule has 2 atom stereocenters. The second-order valence-corrected chi connectivity index (χ2v) is 5.28. The van der Waals surface area contributed by atoms with E-state index in [4.69, 9.17) is 0 Å². The van der Waals surface area contributed by atoms with Gasteiger partial charge in [-0.1, -0.05) is 30.3 Å². The van der Waals surface area contributed by atoms with E-state index in [0.29, 0.717) is 6.07 Å². The standard InChI is InChI=1S/C17H17F2NO3/c1-11(16(21)13-7-14(18)9-15(19)8-13)20(17(22)23)10-12-5-3-2-4-6-12/h2-9,11,16,21H,10H2,1H3,(H,22,23)/t11-,16-/m0/s1. The Hall–Kier alpha value is -2.47. The van der Waals surface area contributed by atoms with Crippen LogP contribution in [0.4, 0.5) is 13.6 Å². The smallest absolute Gasteiger partial charge is 0.407 e. The van der Waals surface area contributed by atoms with E-state index in [2.05, 4.69) is 0 Å². The minimum atomic E-state index is -1.35. The summed E-state index contributed by atoms with van der Waals surface area (Å²) >= 11 is 0.